The maximum atomic E-state index is 12.4. The molecule has 10 heteroatoms. The van der Waals surface area contributed by atoms with Crippen molar-refractivity contribution in [3.8, 4) is 11.1 Å². The fraction of sp³-hybridized carbons (Fsp3) is 0.455. The largest absolute Gasteiger partial charge is 0.444 e. The fourth-order valence-corrected chi connectivity index (χ4v) is 5.96. The molecule has 2 saturated heterocycles. The van der Waals surface area contributed by atoms with Crippen molar-refractivity contribution in [2.45, 2.75) is 77.6 Å². The second kappa shape index (κ2) is 12.2. The quantitative estimate of drug-likeness (QED) is 0.273. The Hall–Kier alpha value is -4.18. The SMILES string of the molecule is C[C@H]1CCCN1c1cccc(Nc2cc(-c3cccc(CNC4CCN(C(=O)OC(C)(C)C)CC4)c3)cn3ncnc23)n1. The molecular formula is C33H42N8O2. The number of amides is 1. The molecule has 1 aromatic carbocycles. The molecule has 226 valence electrons. The van der Waals surface area contributed by atoms with Crippen LogP contribution >= 0.6 is 0 Å². The van der Waals surface area contributed by atoms with Gasteiger partial charge in [0.05, 0.1) is 5.69 Å². The highest BCUT2D eigenvalue weighted by atomic mass is 16.6. The lowest BCUT2D eigenvalue weighted by Gasteiger charge is -2.33. The van der Waals surface area contributed by atoms with Gasteiger partial charge >= 0.3 is 6.09 Å². The summed E-state index contributed by atoms with van der Waals surface area (Å²) in [6, 6.07) is 17.7. The number of nitrogens with one attached hydrogen (secondary N) is 2. The summed E-state index contributed by atoms with van der Waals surface area (Å²) >= 11 is 0. The van der Waals surface area contributed by atoms with E-state index >= 15 is 0 Å². The molecule has 0 radical (unpaired) electrons. The number of anilines is 3. The summed E-state index contributed by atoms with van der Waals surface area (Å²) < 4.78 is 7.35. The minimum Gasteiger partial charge on any atom is -0.444 e. The number of carbonyl (C=O) groups excluding carboxylic acids is 1. The molecule has 0 aliphatic carbocycles. The van der Waals surface area contributed by atoms with Crippen LogP contribution in [0, 0.1) is 0 Å². The Morgan fingerprint density at radius 2 is 1.84 bits per heavy atom. The van der Waals surface area contributed by atoms with Gasteiger partial charge in [-0.1, -0.05) is 24.3 Å². The first-order chi connectivity index (χ1) is 20.7. The number of ether oxygens (including phenoxy) is 1. The van der Waals surface area contributed by atoms with Crippen LogP contribution in [-0.4, -0.2) is 67.9 Å². The van der Waals surface area contributed by atoms with Crippen LogP contribution < -0.4 is 15.5 Å². The number of rotatable bonds is 7. The Bertz CT molecular complexity index is 1570. The van der Waals surface area contributed by atoms with Crippen LogP contribution in [-0.2, 0) is 11.3 Å². The molecule has 4 aromatic rings. The summed E-state index contributed by atoms with van der Waals surface area (Å²) in [5.74, 6) is 1.79. The third kappa shape index (κ3) is 6.91. The van der Waals surface area contributed by atoms with Crippen LogP contribution in [0.1, 0.15) is 58.9 Å². The molecule has 1 amide bonds. The van der Waals surface area contributed by atoms with Crippen molar-refractivity contribution in [3.05, 3.63) is 66.6 Å². The van der Waals surface area contributed by atoms with Gasteiger partial charge < -0.3 is 25.2 Å². The van der Waals surface area contributed by atoms with Gasteiger partial charge in [0.25, 0.3) is 0 Å². The highest BCUT2D eigenvalue weighted by Crippen LogP contribution is 2.30. The zero-order valence-electron chi connectivity index (χ0n) is 25.6. The van der Waals surface area contributed by atoms with E-state index in [-0.39, 0.29) is 6.09 Å². The first kappa shape index (κ1) is 28.9. The van der Waals surface area contributed by atoms with Gasteiger partial charge in [0.1, 0.15) is 23.6 Å². The number of nitrogens with zero attached hydrogens (tertiary/aromatic N) is 6. The summed E-state index contributed by atoms with van der Waals surface area (Å²) in [6.45, 7) is 11.2. The molecule has 10 nitrogen and oxygen atoms in total. The maximum Gasteiger partial charge on any atom is 0.410 e. The molecule has 2 aliphatic heterocycles. The van der Waals surface area contributed by atoms with Gasteiger partial charge in [-0.3, -0.25) is 0 Å². The number of pyridine rings is 2. The summed E-state index contributed by atoms with van der Waals surface area (Å²) in [4.78, 5) is 26.0. The van der Waals surface area contributed by atoms with Crippen molar-refractivity contribution in [2.75, 3.05) is 29.9 Å². The van der Waals surface area contributed by atoms with Gasteiger partial charge in [-0.05, 0) is 88.8 Å². The summed E-state index contributed by atoms with van der Waals surface area (Å²) in [5, 5.41) is 11.7. The first-order valence-electron chi connectivity index (χ1n) is 15.4. The smallest absolute Gasteiger partial charge is 0.410 e. The first-order valence-corrected chi connectivity index (χ1v) is 15.4. The Labute approximate surface area is 253 Å². The standard InChI is InChI=1S/C33H42N8O2/c1-23-8-7-15-40(23)30-12-6-11-29(38-30)37-28-19-26(21-41-31(28)35-22-36-41)25-10-5-9-24(18-25)20-34-27-13-16-39(17-14-27)32(42)43-33(2,3)4/h5-6,9-12,18-19,21-23,27,34H,7-8,13-17,20H2,1-4H3,(H,37,38)/t23-/m0/s1. The van der Waals surface area contributed by atoms with Gasteiger partial charge in [-0.25, -0.2) is 19.3 Å². The van der Waals surface area contributed by atoms with Crippen LogP contribution in [0.25, 0.3) is 16.8 Å². The third-order valence-electron chi connectivity index (χ3n) is 8.22. The van der Waals surface area contributed by atoms with E-state index < -0.39 is 5.60 Å². The molecular weight excluding hydrogens is 540 g/mol. The molecule has 3 aromatic heterocycles. The fourth-order valence-electron chi connectivity index (χ4n) is 5.96. The lowest BCUT2D eigenvalue weighted by atomic mass is 10.0. The van der Waals surface area contributed by atoms with Crippen LogP contribution in [0.2, 0.25) is 0 Å². The zero-order chi connectivity index (χ0) is 30.0. The van der Waals surface area contributed by atoms with Crippen LogP contribution in [0.4, 0.5) is 22.1 Å². The van der Waals surface area contributed by atoms with E-state index in [1.165, 1.54) is 18.4 Å². The molecule has 43 heavy (non-hydrogen) atoms. The summed E-state index contributed by atoms with van der Waals surface area (Å²) in [5.41, 5.74) is 4.48. The maximum absolute atomic E-state index is 12.4. The molecule has 0 saturated carbocycles. The number of hydrogen-bond donors (Lipinski definition) is 2. The average molecular weight is 583 g/mol. The normalized spacial score (nSPS) is 17.9. The van der Waals surface area contributed by atoms with Crippen molar-refractivity contribution in [1.29, 1.82) is 0 Å². The monoisotopic (exact) mass is 582 g/mol. The van der Waals surface area contributed by atoms with Gasteiger partial charge in [0, 0.05) is 50.0 Å². The molecule has 2 fully saturated rings. The van der Waals surface area contributed by atoms with Crippen molar-refractivity contribution in [3.63, 3.8) is 0 Å². The van der Waals surface area contributed by atoms with Gasteiger partial charge in [0.15, 0.2) is 5.65 Å². The minimum absolute atomic E-state index is 0.221. The number of aromatic nitrogens is 4. The second-order valence-electron chi connectivity index (χ2n) is 12.7. The molecule has 6 rings (SSSR count). The zero-order valence-corrected chi connectivity index (χ0v) is 25.6. The number of benzene rings is 1. The van der Waals surface area contributed by atoms with E-state index in [0.29, 0.717) is 25.2 Å². The van der Waals surface area contributed by atoms with Gasteiger partial charge in [0.2, 0.25) is 0 Å². The van der Waals surface area contributed by atoms with E-state index in [2.05, 4.69) is 75.0 Å². The average Bonchev–Trinajstić information content (AvgIpc) is 3.65. The van der Waals surface area contributed by atoms with E-state index in [1.54, 1.807) is 6.33 Å². The van der Waals surface area contributed by atoms with Gasteiger partial charge in [-0.2, -0.15) is 5.10 Å². The Morgan fingerprint density at radius 3 is 2.60 bits per heavy atom. The van der Waals surface area contributed by atoms with Crippen molar-refractivity contribution in [1.82, 2.24) is 29.8 Å². The molecule has 5 heterocycles. The van der Waals surface area contributed by atoms with Crippen molar-refractivity contribution < 1.29 is 9.53 Å². The van der Waals surface area contributed by atoms with E-state index in [9.17, 15) is 4.79 Å². The molecule has 0 unspecified atom stereocenters. The van der Waals surface area contributed by atoms with Crippen LogP contribution in [0.5, 0.6) is 0 Å². The Kier molecular flexibility index (Phi) is 8.21. The van der Waals surface area contributed by atoms with Gasteiger partial charge in [-0.15, -0.1) is 0 Å². The van der Waals surface area contributed by atoms with Crippen molar-refractivity contribution in [2.24, 2.45) is 0 Å². The lowest BCUT2D eigenvalue weighted by Crippen LogP contribution is -2.46. The number of likely N-dealkylation sites (tertiary alicyclic amines) is 1. The van der Waals surface area contributed by atoms with Crippen molar-refractivity contribution >= 4 is 29.1 Å². The second-order valence-corrected chi connectivity index (χ2v) is 12.7. The Morgan fingerprint density at radius 1 is 1.02 bits per heavy atom. The lowest BCUT2D eigenvalue weighted by molar-refractivity contribution is 0.0198. The van der Waals surface area contributed by atoms with Crippen LogP contribution in [0.3, 0.4) is 0 Å². The number of fused-ring (bicyclic) bond motifs is 1. The topological polar surface area (TPSA) is 99.9 Å². The summed E-state index contributed by atoms with van der Waals surface area (Å²) in [6.07, 6.45) is 7.58. The molecule has 2 aliphatic rings. The highest BCUT2D eigenvalue weighted by Gasteiger charge is 2.27. The third-order valence-corrected chi connectivity index (χ3v) is 8.22. The number of piperidine rings is 1. The Balaban J connectivity index is 1.13. The highest BCUT2D eigenvalue weighted by molar-refractivity contribution is 5.79. The predicted octanol–water partition coefficient (Wildman–Crippen LogP) is 6.01. The molecule has 1 atom stereocenters. The molecule has 0 spiro atoms. The van der Waals surface area contributed by atoms with E-state index in [0.717, 1.165) is 60.0 Å². The van der Waals surface area contributed by atoms with Crippen LogP contribution in [0.15, 0.2) is 61.1 Å². The molecule has 2 N–H and O–H groups in total. The number of carbonyl (C=O) groups is 1. The minimum atomic E-state index is -0.472. The predicted molar refractivity (Wildman–Crippen MR) is 170 cm³/mol. The molecule has 0 bridgehead atoms. The van der Waals surface area contributed by atoms with E-state index in [4.69, 9.17) is 9.72 Å². The summed E-state index contributed by atoms with van der Waals surface area (Å²) in [7, 11) is 0. The number of hydrogen-bond acceptors (Lipinski definition) is 8. The van der Waals surface area contributed by atoms with E-state index in [1.807, 2.05) is 42.4 Å².